The minimum absolute atomic E-state index is 0.0209. The Bertz CT molecular complexity index is 359. The van der Waals surface area contributed by atoms with Gasteiger partial charge >= 0.3 is 0 Å². The van der Waals surface area contributed by atoms with Gasteiger partial charge in [-0.3, -0.25) is 0 Å². The van der Waals surface area contributed by atoms with Crippen LogP contribution >= 0.6 is 0 Å². The fraction of sp³-hybridized carbons (Fsp3) is 0.636. The van der Waals surface area contributed by atoms with Crippen LogP contribution < -0.4 is 10.6 Å². The van der Waals surface area contributed by atoms with E-state index in [0.29, 0.717) is 11.8 Å². The highest BCUT2D eigenvalue weighted by Gasteiger charge is 2.08. The molecule has 17 heavy (non-hydrogen) atoms. The van der Waals surface area contributed by atoms with Gasteiger partial charge in [0, 0.05) is 23.8 Å². The molecule has 0 aliphatic heterocycles. The molecule has 0 saturated heterocycles. The SMILES string of the molecule is Cc1cnc(NC(C)CO)nc1NC(C)CO. The van der Waals surface area contributed by atoms with Crippen molar-refractivity contribution < 1.29 is 10.2 Å². The van der Waals surface area contributed by atoms with Crippen LogP contribution in [0.4, 0.5) is 11.8 Å². The number of hydrogen-bond acceptors (Lipinski definition) is 6. The summed E-state index contributed by atoms with van der Waals surface area (Å²) in [6.07, 6.45) is 1.70. The molecule has 96 valence electrons. The molecule has 1 aromatic rings. The normalized spacial score (nSPS) is 14.2. The molecule has 1 aromatic heterocycles. The molecule has 6 heteroatoms. The summed E-state index contributed by atoms with van der Waals surface area (Å²) < 4.78 is 0. The van der Waals surface area contributed by atoms with Crippen LogP contribution in [0.5, 0.6) is 0 Å². The van der Waals surface area contributed by atoms with Gasteiger partial charge in [0.2, 0.25) is 5.95 Å². The predicted octanol–water partition coefficient (Wildman–Crippen LogP) is 0.370. The zero-order valence-electron chi connectivity index (χ0n) is 10.4. The summed E-state index contributed by atoms with van der Waals surface area (Å²) in [6.45, 7) is 5.66. The Morgan fingerprint density at radius 3 is 2.35 bits per heavy atom. The summed E-state index contributed by atoms with van der Waals surface area (Å²) >= 11 is 0. The molecule has 6 nitrogen and oxygen atoms in total. The summed E-state index contributed by atoms with van der Waals surface area (Å²) in [4.78, 5) is 8.42. The van der Waals surface area contributed by atoms with E-state index in [0.717, 1.165) is 5.56 Å². The van der Waals surface area contributed by atoms with Gasteiger partial charge in [0.15, 0.2) is 0 Å². The van der Waals surface area contributed by atoms with Gasteiger partial charge in [-0.1, -0.05) is 0 Å². The average molecular weight is 240 g/mol. The lowest BCUT2D eigenvalue weighted by Crippen LogP contribution is -2.23. The van der Waals surface area contributed by atoms with Crippen molar-refractivity contribution in [3.8, 4) is 0 Å². The van der Waals surface area contributed by atoms with Crippen molar-refractivity contribution in [2.75, 3.05) is 23.8 Å². The molecule has 0 aliphatic rings. The van der Waals surface area contributed by atoms with Crippen LogP contribution in [0.25, 0.3) is 0 Å². The van der Waals surface area contributed by atoms with Gasteiger partial charge in [-0.15, -0.1) is 0 Å². The molecule has 0 radical (unpaired) electrons. The van der Waals surface area contributed by atoms with Crippen molar-refractivity contribution in [1.82, 2.24) is 9.97 Å². The first-order valence-electron chi connectivity index (χ1n) is 5.65. The Kier molecular flexibility index (Phi) is 5.11. The molecule has 0 spiro atoms. The van der Waals surface area contributed by atoms with Gasteiger partial charge in [0.25, 0.3) is 0 Å². The van der Waals surface area contributed by atoms with Crippen molar-refractivity contribution in [3.05, 3.63) is 11.8 Å². The van der Waals surface area contributed by atoms with Gasteiger partial charge in [-0.25, -0.2) is 4.98 Å². The standard InChI is InChI=1S/C11H20N4O2/c1-7-4-12-11(14-9(3)6-17)15-10(7)13-8(2)5-16/h4,8-9,16-17H,5-6H2,1-3H3,(H2,12,13,14,15). The van der Waals surface area contributed by atoms with E-state index >= 15 is 0 Å². The Morgan fingerprint density at radius 1 is 1.18 bits per heavy atom. The Labute approximate surface area is 101 Å². The van der Waals surface area contributed by atoms with Crippen molar-refractivity contribution in [2.45, 2.75) is 32.9 Å². The Morgan fingerprint density at radius 2 is 1.76 bits per heavy atom. The van der Waals surface area contributed by atoms with Crippen LogP contribution in [0.1, 0.15) is 19.4 Å². The lowest BCUT2D eigenvalue weighted by Gasteiger charge is -2.16. The first kappa shape index (κ1) is 13.7. The number of rotatable bonds is 6. The van der Waals surface area contributed by atoms with Crippen LogP contribution in [-0.2, 0) is 0 Å². The first-order chi connectivity index (χ1) is 8.06. The zero-order chi connectivity index (χ0) is 12.8. The number of nitrogens with one attached hydrogen (secondary N) is 2. The molecule has 0 aliphatic carbocycles. The monoisotopic (exact) mass is 240 g/mol. The third-order valence-electron chi connectivity index (χ3n) is 2.28. The molecule has 1 rings (SSSR count). The van der Waals surface area contributed by atoms with Crippen LogP contribution in [0, 0.1) is 6.92 Å². The highest BCUT2D eigenvalue weighted by molar-refractivity contribution is 5.47. The molecule has 0 bridgehead atoms. The van der Waals surface area contributed by atoms with E-state index in [1.54, 1.807) is 6.20 Å². The zero-order valence-corrected chi connectivity index (χ0v) is 10.4. The van der Waals surface area contributed by atoms with Crippen LogP contribution in [0.3, 0.4) is 0 Å². The molecule has 0 saturated carbocycles. The molecular formula is C11H20N4O2. The van der Waals surface area contributed by atoms with Gasteiger partial charge in [-0.05, 0) is 20.8 Å². The topological polar surface area (TPSA) is 90.3 Å². The molecular weight excluding hydrogens is 220 g/mol. The fourth-order valence-corrected chi connectivity index (χ4v) is 1.20. The van der Waals surface area contributed by atoms with Crippen molar-refractivity contribution >= 4 is 11.8 Å². The number of hydrogen-bond donors (Lipinski definition) is 4. The smallest absolute Gasteiger partial charge is 0.224 e. The van der Waals surface area contributed by atoms with Crippen molar-refractivity contribution in [2.24, 2.45) is 0 Å². The van der Waals surface area contributed by atoms with Gasteiger partial charge < -0.3 is 20.8 Å². The van der Waals surface area contributed by atoms with E-state index in [1.165, 1.54) is 0 Å². The maximum atomic E-state index is 8.99. The van der Waals surface area contributed by atoms with Gasteiger partial charge in [-0.2, -0.15) is 4.98 Å². The number of aliphatic hydroxyl groups excluding tert-OH is 2. The number of aryl methyl sites for hydroxylation is 1. The van der Waals surface area contributed by atoms with Crippen LogP contribution in [-0.4, -0.2) is 45.5 Å². The van der Waals surface area contributed by atoms with Gasteiger partial charge in [0.05, 0.1) is 13.2 Å². The molecule has 4 N–H and O–H groups in total. The number of nitrogens with zero attached hydrogens (tertiary/aromatic N) is 2. The van der Waals surface area contributed by atoms with Crippen molar-refractivity contribution in [3.63, 3.8) is 0 Å². The van der Waals surface area contributed by atoms with Crippen LogP contribution in [0.15, 0.2) is 6.20 Å². The third-order valence-corrected chi connectivity index (χ3v) is 2.28. The summed E-state index contributed by atoms with van der Waals surface area (Å²) in [5, 5.41) is 24.0. The molecule has 2 atom stereocenters. The maximum Gasteiger partial charge on any atom is 0.224 e. The molecule has 2 unspecified atom stereocenters. The van der Waals surface area contributed by atoms with Crippen LogP contribution in [0.2, 0.25) is 0 Å². The minimum Gasteiger partial charge on any atom is -0.394 e. The van der Waals surface area contributed by atoms with Gasteiger partial charge in [0.1, 0.15) is 5.82 Å². The predicted molar refractivity (Wildman–Crippen MR) is 67.1 cm³/mol. The van der Waals surface area contributed by atoms with E-state index < -0.39 is 0 Å². The quantitative estimate of drug-likeness (QED) is 0.574. The third kappa shape index (κ3) is 4.16. The van der Waals surface area contributed by atoms with E-state index in [9.17, 15) is 0 Å². The summed E-state index contributed by atoms with van der Waals surface area (Å²) in [5.74, 6) is 1.15. The van der Waals surface area contributed by atoms with E-state index in [4.69, 9.17) is 10.2 Å². The number of anilines is 2. The largest absolute Gasteiger partial charge is 0.394 e. The summed E-state index contributed by atoms with van der Waals surface area (Å²) in [7, 11) is 0. The second-order valence-corrected chi connectivity index (χ2v) is 4.18. The minimum atomic E-state index is -0.0965. The average Bonchev–Trinajstić information content (AvgIpc) is 2.33. The Hall–Kier alpha value is -1.40. The lowest BCUT2D eigenvalue weighted by atomic mass is 10.3. The highest BCUT2D eigenvalue weighted by Crippen LogP contribution is 2.13. The Balaban J connectivity index is 2.79. The van der Waals surface area contributed by atoms with E-state index in [2.05, 4.69) is 20.6 Å². The number of aliphatic hydroxyl groups is 2. The molecule has 0 aromatic carbocycles. The molecule has 0 fully saturated rings. The number of aromatic nitrogens is 2. The first-order valence-corrected chi connectivity index (χ1v) is 5.65. The lowest BCUT2D eigenvalue weighted by molar-refractivity contribution is 0.280. The van der Waals surface area contributed by atoms with E-state index in [-0.39, 0.29) is 25.3 Å². The maximum absolute atomic E-state index is 8.99. The van der Waals surface area contributed by atoms with E-state index in [1.807, 2.05) is 20.8 Å². The summed E-state index contributed by atoms with van der Waals surface area (Å²) in [6, 6.07) is -0.160. The second kappa shape index (κ2) is 6.36. The molecule has 0 amide bonds. The molecule has 1 heterocycles. The highest BCUT2D eigenvalue weighted by atomic mass is 16.3. The summed E-state index contributed by atoms with van der Waals surface area (Å²) in [5.41, 5.74) is 0.910. The van der Waals surface area contributed by atoms with Crippen molar-refractivity contribution in [1.29, 1.82) is 0 Å². The fourth-order valence-electron chi connectivity index (χ4n) is 1.20. The second-order valence-electron chi connectivity index (χ2n) is 4.18.